The Bertz CT molecular complexity index is 256. The van der Waals surface area contributed by atoms with Crippen LogP contribution in [0.3, 0.4) is 0 Å². The number of Topliss-reactive ketones (excluding diaryl/α,β-unsaturated/α-hetero) is 1. The van der Waals surface area contributed by atoms with Crippen molar-refractivity contribution in [3.05, 3.63) is 0 Å². The van der Waals surface area contributed by atoms with Gasteiger partial charge in [-0.05, 0) is 19.8 Å². The van der Waals surface area contributed by atoms with Gasteiger partial charge in [0.05, 0.1) is 6.61 Å². The van der Waals surface area contributed by atoms with Crippen LogP contribution < -0.4 is 0 Å². The Labute approximate surface area is 109 Å². The largest absolute Gasteiger partial charge is 0.500 e. The normalized spacial score (nSPS) is 11.3. The van der Waals surface area contributed by atoms with Crippen LogP contribution in [0.15, 0.2) is 0 Å². The molecule has 0 radical (unpaired) electrons. The first-order chi connectivity index (χ1) is 8.49. The number of carbonyl (C=O) groups excluding carboxylic acids is 2. The topological polar surface area (TPSA) is 71.1 Å². The maximum Gasteiger partial charge on any atom is 0.500 e. The summed E-state index contributed by atoms with van der Waals surface area (Å²) >= 11 is 0. The molecule has 18 heavy (non-hydrogen) atoms. The van der Waals surface area contributed by atoms with Gasteiger partial charge in [-0.15, -0.1) is 0 Å². The van der Waals surface area contributed by atoms with E-state index in [4.69, 9.17) is 18.0 Å². The van der Waals surface area contributed by atoms with Gasteiger partial charge in [-0.2, -0.15) is 0 Å². The molecule has 6 nitrogen and oxygen atoms in total. The molecule has 0 atom stereocenters. The van der Waals surface area contributed by atoms with E-state index in [0.717, 1.165) is 6.42 Å². The van der Waals surface area contributed by atoms with Gasteiger partial charge in [0, 0.05) is 27.4 Å². The van der Waals surface area contributed by atoms with Crippen molar-refractivity contribution in [3.8, 4) is 0 Å². The molecule has 0 aromatic heterocycles. The molecule has 0 spiro atoms. The van der Waals surface area contributed by atoms with Gasteiger partial charge in [-0.3, -0.25) is 9.59 Å². The molecule has 0 amide bonds. The van der Waals surface area contributed by atoms with Crippen LogP contribution in [0.25, 0.3) is 0 Å². The Kier molecular flexibility index (Phi) is 8.81. The molecule has 106 valence electrons. The molecule has 0 aliphatic carbocycles. The summed E-state index contributed by atoms with van der Waals surface area (Å²) < 4.78 is 20.7. The molecule has 0 bridgehead atoms. The summed E-state index contributed by atoms with van der Waals surface area (Å²) in [7, 11) is 2.17. The van der Waals surface area contributed by atoms with Crippen LogP contribution in [0, 0.1) is 0 Å². The second-order valence-corrected chi connectivity index (χ2v) is 6.94. The van der Waals surface area contributed by atoms with Crippen LogP contribution >= 0.6 is 0 Å². The Morgan fingerprint density at radius 1 is 1.00 bits per heavy atom. The molecular weight excluding hydrogens is 256 g/mol. The van der Waals surface area contributed by atoms with E-state index in [1.807, 2.05) is 0 Å². The zero-order valence-corrected chi connectivity index (χ0v) is 12.5. The Morgan fingerprint density at radius 3 is 2.00 bits per heavy atom. The van der Waals surface area contributed by atoms with Crippen molar-refractivity contribution in [3.63, 3.8) is 0 Å². The van der Waals surface area contributed by atoms with E-state index >= 15 is 0 Å². The van der Waals surface area contributed by atoms with Gasteiger partial charge >= 0.3 is 14.8 Å². The maximum absolute atomic E-state index is 11.1. The second kappa shape index (κ2) is 9.20. The molecule has 0 saturated heterocycles. The smallest absolute Gasteiger partial charge is 0.465 e. The minimum atomic E-state index is -2.52. The third-order valence-electron chi connectivity index (χ3n) is 2.47. The first kappa shape index (κ1) is 17.2. The van der Waals surface area contributed by atoms with E-state index in [-0.39, 0.29) is 12.2 Å². The fourth-order valence-corrected chi connectivity index (χ4v) is 3.24. The zero-order chi connectivity index (χ0) is 14.0. The van der Waals surface area contributed by atoms with E-state index < -0.39 is 14.8 Å². The summed E-state index contributed by atoms with van der Waals surface area (Å²) in [6, 6.07) is 0.667. The van der Waals surface area contributed by atoms with Gasteiger partial charge in [0.2, 0.25) is 0 Å². The van der Waals surface area contributed by atoms with E-state index in [1.54, 1.807) is 21.3 Å². The average molecular weight is 278 g/mol. The molecule has 7 heteroatoms. The number of unbranched alkanes of at least 4 members (excludes halogenated alkanes) is 1. The summed E-state index contributed by atoms with van der Waals surface area (Å²) in [5.41, 5.74) is 0. The number of rotatable bonds is 10. The minimum absolute atomic E-state index is 0.160. The Balaban J connectivity index is 3.73. The maximum atomic E-state index is 11.1. The SMILES string of the molecule is CO[Si](CCCCOC(=O)CC(C)=O)(OC)OC. The lowest BCUT2D eigenvalue weighted by molar-refractivity contribution is -0.145. The van der Waals surface area contributed by atoms with Gasteiger partial charge in [0.15, 0.2) is 0 Å². The zero-order valence-electron chi connectivity index (χ0n) is 11.5. The summed E-state index contributed by atoms with van der Waals surface area (Å²) in [5.74, 6) is -0.666. The van der Waals surface area contributed by atoms with Crippen molar-refractivity contribution in [2.24, 2.45) is 0 Å². The van der Waals surface area contributed by atoms with Crippen molar-refractivity contribution < 1.29 is 27.6 Å². The molecule has 0 aliphatic heterocycles. The third kappa shape index (κ3) is 6.85. The van der Waals surface area contributed by atoms with Crippen LogP contribution in [0.2, 0.25) is 6.04 Å². The summed E-state index contributed by atoms with van der Waals surface area (Å²) in [5, 5.41) is 0. The summed E-state index contributed by atoms with van der Waals surface area (Å²) in [6.07, 6.45) is 1.30. The summed E-state index contributed by atoms with van der Waals surface area (Å²) in [4.78, 5) is 21.7. The highest BCUT2D eigenvalue weighted by Gasteiger charge is 2.36. The second-order valence-electron chi connectivity index (χ2n) is 3.85. The third-order valence-corrected chi connectivity index (χ3v) is 5.30. The van der Waals surface area contributed by atoms with Gasteiger partial charge in [-0.1, -0.05) is 0 Å². The highest BCUT2D eigenvalue weighted by Crippen LogP contribution is 2.16. The van der Waals surface area contributed by atoms with Gasteiger partial charge < -0.3 is 18.0 Å². The van der Waals surface area contributed by atoms with Crippen LogP contribution in [0.5, 0.6) is 0 Å². The molecule has 0 saturated carbocycles. The van der Waals surface area contributed by atoms with Crippen LogP contribution in [-0.4, -0.2) is 48.5 Å². The molecule has 0 fully saturated rings. The number of hydrogen-bond acceptors (Lipinski definition) is 6. The number of ether oxygens (including phenoxy) is 1. The van der Waals surface area contributed by atoms with Crippen molar-refractivity contribution in [2.75, 3.05) is 27.9 Å². The van der Waals surface area contributed by atoms with Crippen LogP contribution in [0.1, 0.15) is 26.2 Å². The van der Waals surface area contributed by atoms with Crippen LogP contribution in [-0.2, 0) is 27.6 Å². The minimum Gasteiger partial charge on any atom is -0.465 e. The fraction of sp³-hybridized carbons (Fsp3) is 0.818. The van der Waals surface area contributed by atoms with Crippen molar-refractivity contribution in [1.82, 2.24) is 0 Å². The van der Waals surface area contributed by atoms with Gasteiger partial charge in [-0.25, -0.2) is 0 Å². The highest BCUT2D eigenvalue weighted by molar-refractivity contribution is 6.60. The van der Waals surface area contributed by atoms with E-state index in [0.29, 0.717) is 19.1 Å². The molecule has 0 heterocycles. The number of ketones is 1. The quantitative estimate of drug-likeness (QED) is 0.258. The van der Waals surface area contributed by atoms with Crippen molar-refractivity contribution in [2.45, 2.75) is 32.2 Å². The monoisotopic (exact) mass is 278 g/mol. The van der Waals surface area contributed by atoms with Gasteiger partial charge in [0.1, 0.15) is 12.2 Å². The predicted molar refractivity (Wildman–Crippen MR) is 67.1 cm³/mol. The Morgan fingerprint density at radius 2 is 1.56 bits per heavy atom. The number of esters is 1. The molecule has 0 N–H and O–H groups in total. The molecule has 0 aliphatic rings. The Hall–Kier alpha value is -0.763. The lowest BCUT2D eigenvalue weighted by Gasteiger charge is -2.24. The molecule has 0 aromatic rings. The first-order valence-corrected chi connectivity index (χ1v) is 7.73. The average Bonchev–Trinajstić information content (AvgIpc) is 2.33. The highest BCUT2D eigenvalue weighted by atomic mass is 28.4. The van der Waals surface area contributed by atoms with Crippen molar-refractivity contribution >= 4 is 20.6 Å². The van der Waals surface area contributed by atoms with Gasteiger partial charge in [0.25, 0.3) is 0 Å². The van der Waals surface area contributed by atoms with E-state index in [2.05, 4.69) is 0 Å². The molecule has 0 unspecified atom stereocenters. The van der Waals surface area contributed by atoms with Crippen LogP contribution in [0.4, 0.5) is 0 Å². The standard InChI is InChI=1S/C11H22O6Si/c1-10(12)9-11(13)17-7-5-6-8-18(14-2,15-3)16-4/h5-9H2,1-4H3. The number of hydrogen-bond donors (Lipinski definition) is 0. The lowest BCUT2D eigenvalue weighted by Crippen LogP contribution is -2.42. The fourth-order valence-electron chi connectivity index (χ4n) is 1.44. The summed E-state index contributed by atoms with van der Waals surface area (Å²) in [6.45, 7) is 1.66. The lowest BCUT2D eigenvalue weighted by atomic mass is 10.3. The first-order valence-electron chi connectivity index (χ1n) is 5.80. The predicted octanol–water partition coefficient (Wildman–Crippen LogP) is 1.17. The van der Waals surface area contributed by atoms with E-state index in [9.17, 15) is 9.59 Å². The van der Waals surface area contributed by atoms with Crippen molar-refractivity contribution in [1.29, 1.82) is 0 Å². The molecular formula is C11H22O6Si. The number of carbonyl (C=O) groups is 2. The molecule has 0 aromatic carbocycles. The molecule has 0 rings (SSSR count). The van der Waals surface area contributed by atoms with E-state index in [1.165, 1.54) is 6.92 Å².